The third-order valence-electron chi connectivity index (χ3n) is 4.09. The molecule has 0 aliphatic carbocycles. The van der Waals surface area contributed by atoms with Gasteiger partial charge < -0.3 is 15.4 Å². The van der Waals surface area contributed by atoms with Crippen molar-refractivity contribution in [3.63, 3.8) is 0 Å². The van der Waals surface area contributed by atoms with Gasteiger partial charge in [0.2, 0.25) is 0 Å². The molecule has 1 unspecified atom stereocenters. The van der Waals surface area contributed by atoms with Gasteiger partial charge in [0.15, 0.2) is 11.8 Å². The number of ether oxygens (including phenoxy) is 1. The highest BCUT2D eigenvalue weighted by molar-refractivity contribution is 14.0. The fourth-order valence-electron chi connectivity index (χ4n) is 2.63. The first-order valence-corrected chi connectivity index (χ1v) is 11.0. The van der Waals surface area contributed by atoms with Gasteiger partial charge in [-0.15, -0.1) is 24.0 Å². The summed E-state index contributed by atoms with van der Waals surface area (Å²) in [4.78, 5) is 8.82. The van der Waals surface area contributed by atoms with E-state index in [2.05, 4.69) is 39.6 Å². The number of aryl methyl sites for hydroxylation is 1. The van der Waals surface area contributed by atoms with Crippen LogP contribution in [-0.2, 0) is 27.5 Å². The molecule has 0 bridgehead atoms. The van der Waals surface area contributed by atoms with Crippen LogP contribution in [-0.4, -0.2) is 74.0 Å². The third kappa shape index (κ3) is 8.30. The molecule has 9 nitrogen and oxygen atoms in total. The fourth-order valence-corrected chi connectivity index (χ4v) is 3.05. The van der Waals surface area contributed by atoms with Gasteiger partial charge in [-0.2, -0.15) is 5.10 Å². The fraction of sp³-hybridized carbons (Fsp3) is 0.812. The molecule has 156 valence electrons. The van der Waals surface area contributed by atoms with Crippen molar-refractivity contribution in [2.45, 2.75) is 45.2 Å². The lowest BCUT2D eigenvalue weighted by atomic mass is 10.1. The molecule has 0 aromatic carbocycles. The molecule has 1 aliphatic rings. The second kappa shape index (κ2) is 11.1. The minimum atomic E-state index is -2.97. The molecule has 0 saturated carbocycles. The number of aromatic nitrogens is 3. The van der Waals surface area contributed by atoms with E-state index in [0.29, 0.717) is 25.0 Å². The quantitative estimate of drug-likeness (QED) is 0.226. The number of rotatable bonds is 8. The summed E-state index contributed by atoms with van der Waals surface area (Å²) in [7, 11) is -1.25. The molecule has 2 heterocycles. The predicted molar refractivity (Wildman–Crippen MR) is 117 cm³/mol. The summed E-state index contributed by atoms with van der Waals surface area (Å²) in [5.41, 5.74) is 0. The Morgan fingerprint density at radius 1 is 1.41 bits per heavy atom. The van der Waals surface area contributed by atoms with E-state index in [1.165, 1.54) is 6.26 Å². The van der Waals surface area contributed by atoms with Crippen LogP contribution in [0.2, 0.25) is 0 Å². The second-order valence-electron chi connectivity index (χ2n) is 6.84. The number of fused-ring (bicyclic) bond motifs is 1. The van der Waals surface area contributed by atoms with Crippen LogP contribution in [0, 0.1) is 0 Å². The topological polar surface area (TPSA) is 110 Å². The van der Waals surface area contributed by atoms with Crippen LogP contribution in [0.1, 0.15) is 37.8 Å². The number of guanidine groups is 1. The zero-order valence-electron chi connectivity index (χ0n) is 16.4. The summed E-state index contributed by atoms with van der Waals surface area (Å²) in [6, 6.07) is 0.238. The minimum absolute atomic E-state index is 0. The van der Waals surface area contributed by atoms with Crippen molar-refractivity contribution in [3.05, 3.63) is 11.6 Å². The van der Waals surface area contributed by atoms with Gasteiger partial charge in [0, 0.05) is 38.2 Å². The summed E-state index contributed by atoms with van der Waals surface area (Å²) in [6.45, 7) is 6.15. The SMILES string of the molecule is CN=C(NCCOCCS(C)(=O)=O)NC1CCc2nc(C(C)C)nn2C1.I. The highest BCUT2D eigenvalue weighted by Gasteiger charge is 2.23. The van der Waals surface area contributed by atoms with Gasteiger partial charge in [0.25, 0.3) is 0 Å². The molecule has 27 heavy (non-hydrogen) atoms. The molecule has 0 amide bonds. The predicted octanol–water partition coefficient (Wildman–Crippen LogP) is 0.561. The van der Waals surface area contributed by atoms with Crippen LogP contribution < -0.4 is 10.6 Å². The van der Waals surface area contributed by atoms with E-state index in [1.54, 1.807) is 7.05 Å². The molecule has 11 heteroatoms. The summed E-state index contributed by atoms with van der Waals surface area (Å²) >= 11 is 0. The Bertz CT molecular complexity index is 720. The van der Waals surface area contributed by atoms with Crippen LogP contribution in [0.4, 0.5) is 0 Å². The Hall–Kier alpha value is -0.950. The molecule has 1 atom stereocenters. The molecule has 2 N–H and O–H groups in total. The summed E-state index contributed by atoms with van der Waals surface area (Å²) in [5.74, 6) is 3.02. The van der Waals surface area contributed by atoms with Crippen molar-refractivity contribution >= 4 is 39.8 Å². The lowest BCUT2D eigenvalue weighted by Gasteiger charge is -2.25. The smallest absolute Gasteiger partial charge is 0.191 e. The van der Waals surface area contributed by atoms with Crippen molar-refractivity contribution in [3.8, 4) is 0 Å². The summed E-state index contributed by atoms with van der Waals surface area (Å²) < 4.78 is 29.4. The molecule has 1 aromatic rings. The first-order valence-electron chi connectivity index (χ1n) is 8.94. The third-order valence-corrected chi connectivity index (χ3v) is 5.00. The Morgan fingerprint density at radius 2 is 2.15 bits per heavy atom. The van der Waals surface area contributed by atoms with Crippen LogP contribution in [0.3, 0.4) is 0 Å². The van der Waals surface area contributed by atoms with Crippen LogP contribution in [0.25, 0.3) is 0 Å². The number of nitrogens with zero attached hydrogens (tertiary/aromatic N) is 4. The van der Waals surface area contributed by atoms with E-state index in [0.717, 1.165) is 31.0 Å². The number of sulfone groups is 1. The van der Waals surface area contributed by atoms with E-state index in [-0.39, 0.29) is 42.4 Å². The maximum Gasteiger partial charge on any atom is 0.191 e. The zero-order valence-corrected chi connectivity index (χ0v) is 19.6. The van der Waals surface area contributed by atoms with Crippen molar-refractivity contribution in [2.24, 2.45) is 4.99 Å². The number of hydrogen-bond donors (Lipinski definition) is 2. The summed E-state index contributed by atoms with van der Waals surface area (Å²) in [5, 5.41) is 11.2. The minimum Gasteiger partial charge on any atom is -0.379 e. The second-order valence-corrected chi connectivity index (χ2v) is 9.10. The van der Waals surface area contributed by atoms with Gasteiger partial charge in [-0.25, -0.2) is 18.1 Å². The van der Waals surface area contributed by atoms with Crippen molar-refractivity contribution in [2.75, 3.05) is 38.8 Å². The maximum absolute atomic E-state index is 11.0. The van der Waals surface area contributed by atoms with Gasteiger partial charge in [-0.05, 0) is 6.42 Å². The molecular weight excluding hydrogens is 483 g/mol. The number of nitrogens with one attached hydrogen (secondary N) is 2. The van der Waals surface area contributed by atoms with Crippen LogP contribution in [0.15, 0.2) is 4.99 Å². The van der Waals surface area contributed by atoms with Gasteiger partial charge in [-0.1, -0.05) is 13.8 Å². The normalized spacial score (nSPS) is 17.4. The van der Waals surface area contributed by atoms with E-state index in [9.17, 15) is 8.42 Å². The average Bonchev–Trinajstić information content (AvgIpc) is 2.99. The Balaban J connectivity index is 0.00000364. The van der Waals surface area contributed by atoms with Gasteiger partial charge in [-0.3, -0.25) is 4.99 Å². The van der Waals surface area contributed by atoms with Crippen molar-refractivity contribution in [1.82, 2.24) is 25.4 Å². The lowest BCUT2D eigenvalue weighted by molar-refractivity contribution is 0.154. The van der Waals surface area contributed by atoms with Crippen molar-refractivity contribution < 1.29 is 13.2 Å². The lowest BCUT2D eigenvalue weighted by Crippen LogP contribution is -2.47. The average molecular weight is 514 g/mol. The molecule has 2 rings (SSSR count). The van der Waals surface area contributed by atoms with Gasteiger partial charge >= 0.3 is 0 Å². The Morgan fingerprint density at radius 3 is 2.78 bits per heavy atom. The molecule has 0 spiro atoms. The van der Waals surface area contributed by atoms with E-state index in [1.807, 2.05) is 4.68 Å². The van der Waals surface area contributed by atoms with E-state index < -0.39 is 9.84 Å². The van der Waals surface area contributed by atoms with Crippen LogP contribution >= 0.6 is 24.0 Å². The Labute approximate surface area is 178 Å². The largest absolute Gasteiger partial charge is 0.379 e. The molecule has 0 radical (unpaired) electrons. The number of halogens is 1. The standard InChI is InChI=1S/C16H30N6O3S.HI/c1-12(2)15-20-14-6-5-13(11-22(14)21-15)19-16(17-3)18-7-8-25-9-10-26(4,23)24;/h12-13H,5-11H2,1-4H3,(H2,17,18,19);1H. The van der Waals surface area contributed by atoms with E-state index >= 15 is 0 Å². The zero-order chi connectivity index (χ0) is 19.2. The van der Waals surface area contributed by atoms with E-state index in [4.69, 9.17) is 4.74 Å². The van der Waals surface area contributed by atoms with Gasteiger partial charge in [0.05, 0.1) is 25.5 Å². The molecule has 1 aromatic heterocycles. The number of aliphatic imine (C=N–C) groups is 1. The molecule has 0 saturated heterocycles. The van der Waals surface area contributed by atoms with Crippen LogP contribution in [0.5, 0.6) is 0 Å². The van der Waals surface area contributed by atoms with Crippen molar-refractivity contribution in [1.29, 1.82) is 0 Å². The highest BCUT2D eigenvalue weighted by atomic mass is 127. The first-order chi connectivity index (χ1) is 12.3. The molecule has 0 fully saturated rings. The molecular formula is C16H31IN6O3S. The maximum atomic E-state index is 11.0. The Kier molecular flexibility index (Phi) is 9.95. The highest BCUT2D eigenvalue weighted by Crippen LogP contribution is 2.16. The first kappa shape index (κ1) is 24.1. The molecule has 1 aliphatic heterocycles. The van der Waals surface area contributed by atoms with Gasteiger partial charge in [0.1, 0.15) is 15.7 Å². The monoisotopic (exact) mass is 514 g/mol. The number of hydrogen-bond acceptors (Lipinski definition) is 6. The summed E-state index contributed by atoms with van der Waals surface area (Å²) in [6.07, 6.45) is 3.07.